The van der Waals surface area contributed by atoms with E-state index in [1.165, 1.54) is 52.0 Å². The van der Waals surface area contributed by atoms with Gasteiger partial charge in [-0.3, -0.25) is 4.79 Å². The number of aromatic nitrogens is 1. The molecule has 4 aliphatic rings. The molecule has 2 saturated carbocycles. The molecule has 0 spiro atoms. The van der Waals surface area contributed by atoms with E-state index >= 15 is 0 Å². The number of rotatable bonds is 7. The Morgan fingerprint density at radius 3 is 2.43 bits per heavy atom. The molecule has 0 radical (unpaired) electrons. The molecule has 2 saturated heterocycles. The van der Waals surface area contributed by atoms with Gasteiger partial charge in [-0.2, -0.15) is 0 Å². The highest BCUT2D eigenvalue weighted by Crippen LogP contribution is 2.47. The number of anilines is 1. The molecular weight excluding hydrogens is 633 g/mol. The second kappa shape index (κ2) is 12.3. The summed E-state index contributed by atoms with van der Waals surface area (Å²) in [5, 5.41) is 5.43. The van der Waals surface area contributed by atoms with Gasteiger partial charge in [0, 0.05) is 65.0 Å². The highest BCUT2D eigenvalue weighted by atomic mass is 32.1. The van der Waals surface area contributed by atoms with Crippen LogP contribution in [0.3, 0.4) is 0 Å². The summed E-state index contributed by atoms with van der Waals surface area (Å²) in [5.41, 5.74) is 5.20. The number of piperidine rings is 2. The summed E-state index contributed by atoms with van der Waals surface area (Å²) in [6.45, 7) is 13.9. The minimum Gasteiger partial charge on any atom is -0.496 e. The van der Waals surface area contributed by atoms with Crippen LogP contribution in [0.2, 0.25) is 0 Å². The third-order valence-electron chi connectivity index (χ3n) is 11.6. The van der Waals surface area contributed by atoms with Gasteiger partial charge in [0.25, 0.3) is 5.91 Å². The van der Waals surface area contributed by atoms with Crippen LogP contribution in [0, 0.1) is 24.7 Å². The summed E-state index contributed by atoms with van der Waals surface area (Å²) in [4.78, 5) is 32.1. The van der Waals surface area contributed by atoms with Crippen LogP contribution in [0.15, 0.2) is 36.4 Å². The molecule has 9 heteroatoms. The monoisotopic (exact) mass is 682 g/mol. The van der Waals surface area contributed by atoms with E-state index in [-0.39, 0.29) is 18.0 Å². The van der Waals surface area contributed by atoms with Crippen molar-refractivity contribution in [2.24, 2.45) is 17.8 Å². The molecule has 2 aromatic carbocycles. The van der Waals surface area contributed by atoms with Crippen LogP contribution < -0.4 is 15.0 Å². The van der Waals surface area contributed by atoms with Crippen LogP contribution in [0.4, 0.5) is 10.5 Å². The first kappa shape index (κ1) is 32.5. The molecule has 2 unspecified atom stereocenters. The number of amides is 2. The number of nitrogens with zero attached hydrogens (tertiary/aromatic N) is 3. The predicted molar refractivity (Wildman–Crippen MR) is 198 cm³/mol. The number of carbonyl (C=O) groups excluding carboxylic acids is 2. The van der Waals surface area contributed by atoms with Crippen molar-refractivity contribution in [3.05, 3.63) is 47.5 Å². The maximum absolute atomic E-state index is 13.9. The Morgan fingerprint density at radius 2 is 1.78 bits per heavy atom. The van der Waals surface area contributed by atoms with E-state index in [9.17, 15) is 9.59 Å². The van der Waals surface area contributed by atoms with Crippen LogP contribution in [0.5, 0.6) is 5.75 Å². The lowest BCUT2D eigenvalue weighted by Crippen LogP contribution is -2.46. The fraction of sp³-hybridized carbons (Fsp3) is 0.550. The van der Waals surface area contributed by atoms with Crippen LogP contribution in [-0.4, -0.2) is 65.9 Å². The van der Waals surface area contributed by atoms with Crippen molar-refractivity contribution < 1.29 is 19.1 Å². The lowest BCUT2D eigenvalue weighted by molar-refractivity contribution is 0.0496. The van der Waals surface area contributed by atoms with Gasteiger partial charge in [0.2, 0.25) is 0 Å². The summed E-state index contributed by atoms with van der Waals surface area (Å²) in [5.74, 6) is 2.87. The zero-order valence-corrected chi connectivity index (χ0v) is 30.6. The molecule has 260 valence electrons. The first-order valence-electron chi connectivity index (χ1n) is 18.3. The van der Waals surface area contributed by atoms with Crippen LogP contribution >= 0.6 is 11.3 Å². The molecule has 2 bridgehead atoms. The second-order valence-corrected chi connectivity index (χ2v) is 17.1. The molecule has 8 rings (SSSR count). The largest absolute Gasteiger partial charge is 0.496 e. The maximum atomic E-state index is 13.9. The van der Waals surface area contributed by atoms with E-state index in [1.54, 1.807) is 18.4 Å². The molecule has 8 nitrogen and oxygen atoms in total. The van der Waals surface area contributed by atoms with Gasteiger partial charge in [0.05, 0.1) is 23.2 Å². The Kier molecular flexibility index (Phi) is 8.12. The zero-order chi connectivity index (χ0) is 34.2. The lowest BCUT2D eigenvalue weighted by atomic mass is 10.0. The number of hydrogen-bond acceptors (Lipinski definition) is 6. The summed E-state index contributed by atoms with van der Waals surface area (Å²) in [6.07, 6.45) is 6.36. The topological polar surface area (TPSA) is 76.0 Å². The summed E-state index contributed by atoms with van der Waals surface area (Å²) >= 11 is 1.79. The number of alkyl carbamates (subject to hydrolysis) is 1. The van der Waals surface area contributed by atoms with Gasteiger partial charge in [-0.15, -0.1) is 11.3 Å². The highest BCUT2D eigenvalue weighted by molar-refractivity contribution is 7.22. The first-order chi connectivity index (χ1) is 23.5. The Labute approximate surface area is 293 Å². The van der Waals surface area contributed by atoms with Crippen molar-refractivity contribution in [1.29, 1.82) is 0 Å². The van der Waals surface area contributed by atoms with Crippen molar-refractivity contribution in [3.8, 4) is 16.3 Å². The molecule has 2 amide bonds. The van der Waals surface area contributed by atoms with Crippen molar-refractivity contribution in [1.82, 2.24) is 14.8 Å². The van der Waals surface area contributed by atoms with Crippen molar-refractivity contribution in [2.75, 3.05) is 31.6 Å². The number of hydrogen-bond donors (Lipinski definition) is 1. The Morgan fingerprint density at radius 1 is 1.00 bits per heavy atom. The van der Waals surface area contributed by atoms with Crippen LogP contribution in [-0.2, 0) is 11.3 Å². The Bertz CT molecular complexity index is 1930. The van der Waals surface area contributed by atoms with E-state index in [0.717, 1.165) is 66.8 Å². The van der Waals surface area contributed by atoms with Crippen molar-refractivity contribution in [2.45, 2.75) is 97.4 Å². The Hall–Kier alpha value is -3.72. The van der Waals surface area contributed by atoms with Gasteiger partial charge in [-0.1, -0.05) is 13.0 Å². The van der Waals surface area contributed by atoms with E-state index < -0.39 is 5.60 Å². The molecule has 2 aliphatic heterocycles. The second-order valence-electron chi connectivity index (χ2n) is 16.1. The summed E-state index contributed by atoms with van der Waals surface area (Å²) in [6, 6.07) is 13.8. The van der Waals surface area contributed by atoms with Gasteiger partial charge in [0.15, 0.2) is 0 Å². The summed E-state index contributed by atoms with van der Waals surface area (Å²) in [7, 11) is 1.72. The molecule has 3 atom stereocenters. The van der Waals surface area contributed by atoms with Gasteiger partial charge in [0.1, 0.15) is 11.4 Å². The standard InChI is InChI=1S/C40H50N4O4S/c1-23-27-10-12-31(23)44(22-27)38(45)28-18-34(47-6)36-24(2)37(49-35(36)19-28)33-17-26-9-11-30(20-32(26)43(33)21-25-7-8-25)42-15-13-29(14-16-42)41-39(46)48-40(3,4)5/h9,11,17-20,23,25,27,29,31H,7-8,10,12-16,21-22H2,1-6H3,(H,41,46)/t23-,27?,31?/m1/s1. The number of nitrogens with one attached hydrogen (secondary N) is 1. The van der Waals surface area contributed by atoms with Crippen LogP contribution in [0.25, 0.3) is 31.6 Å². The van der Waals surface area contributed by atoms with Gasteiger partial charge in [-0.25, -0.2) is 4.79 Å². The number of methoxy groups -OCH3 is 1. The highest BCUT2D eigenvalue weighted by Gasteiger charge is 2.46. The third-order valence-corrected chi connectivity index (χ3v) is 12.8. The molecule has 4 aromatic rings. The number of fused-ring (bicyclic) bond motifs is 4. The minimum absolute atomic E-state index is 0.123. The van der Waals surface area contributed by atoms with E-state index in [4.69, 9.17) is 9.47 Å². The number of aryl methyl sites for hydroxylation is 1. The fourth-order valence-electron chi connectivity index (χ4n) is 8.72. The predicted octanol–water partition coefficient (Wildman–Crippen LogP) is 8.61. The van der Waals surface area contributed by atoms with E-state index in [2.05, 4.69) is 63.9 Å². The first-order valence-corrected chi connectivity index (χ1v) is 19.1. The SMILES string of the molecule is COc1cc(C(=O)N2CC3CCC2[C@@H]3C)cc2sc(-c3cc4ccc(N5CCC(NC(=O)OC(C)(C)C)CC5)cc4n3CC3CC3)c(C)c12. The lowest BCUT2D eigenvalue weighted by Gasteiger charge is -2.34. The zero-order valence-electron chi connectivity index (χ0n) is 29.8. The average Bonchev–Trinajstić information content (AvgIpc) is 3.47. The molecule has 1 N–H and O–H groups in total. The number of likely N-dealkylation sites (tertiary alicyclic amines) is 1. The van der Waals surface area contributed by atoms with Crippen molar-refractivity contribution >= 4 is 50.0 Å². The normalized spacial score (nSPS) is 22.8. The number of ether oxygens (including phenoxy) is 2. The molecule has 49 heavy (non-hydrogen) atoms. The Balaban J connectivity index is 1.09. The van der Waals surface area contributed by atoms with E-state index in [0.29, 0.717) is 23.8 Å². The van der Waals surface area contributed by atoms with E-state index in [1.807, 2.05) is 26.8 Å². The number of thiophene rings is 1. The summed E-state index contributed by atoms with van der Waals surface area (Å²) < 4.78 is 15.1. The fourth-order valence-corrected chi connectivity index (χ4v) is 10.0. The maximum Gasteiger partial charge on any atom is 0.407 e. The molecule has 2 aromatic heterocycles. The minimum atomic E-state index is -0.497. The molecule has 2 aliphatic carbocycles. The molecule has 4 fully saturated rings. The smallest absolute Gasteiger partial charge is 0.407 e. The number of carbonyl (C=O) groups is 2. The van der Waals surface area contributed by atoms with Gasteiger partial charge in [-0.05, 0) is 120 Å². The quantitative estimate of drug-likeness (QED) is 0.211. The van der Waals surface area contributed by atoms with Gasteiger partial charge < -0.3 is 29.2 Å². The molecule has 4 heterocycles. The van der Waals surface area contributed by atoms with Crippen LogP contribution in [0.1, 0.15) is 82.1 Å². The molecular formula is C40H50N4O4S. The van der Waals surface area contributed by atoms with Gasteiger partial charge >= 0.3 is 6.09 Å². The third kappa shape index (κ3) is 6.06. The average molecular weight is 683 g/mol. The van der Waals surface area contributed by atoms with Crippen molar-refractivity contribution in [3.63, 3.8) is 0 Å². The number of benzene rings is 2.